The van der Waals surface area contributed by atoms with Crippen molar-refractivity contribution < 1.29 is 14.3 Å². The maximum atomic E-state index is 13.1. The van der Waals surface area contributed by atoms with Gasteiger partial charge in [0, 0.05) is 44.9 Å². The molecule has 0 unspecified atom stereocenters. The summed E-state index contributed by atoms with van der Waals surface area (Å²) in [6.07, 6.45) is 2.62. The molecular weight excluding hydrogens is 366 g/mol. The molecule has 0 aliphatic carbocycles. The lowest BCUT2D eigenvalue weighted by atomic mass is 10.1. The second-order valence-corrected chi connectivity index (χ2v) is 7.59. The molecule has 2 aromatic carbocycles. The summed E-state index contributed by atoms with van der Waals surface area (Å²) in [4.78, 5) is 29.9. The van der Waals surface area contributed by atoms with Crippen molar-refractivity contribution in [3.05, 3.63) is 65.7 Å². The standard InChI is InChI=1S/C23H27N3O3/c27-22(18-7-2-1-3-8-18)24-21-11-5-4-10-20(21)23(28)26-14-12-25(13-15-26)17-19-9-6-16-29-19/h1-5,7-8,10-11,19H,6,9,12-17H2,(H,24,27)/t19-/m1/s1. The monoisotopic (exact) mass is 393 g/mol. The SMILES string of the molecule is O=C(Nc1ccccc1C(=O)N1CCN(C[C@H]2CCCO2)CC1)c1ccccc1. The van der Waals surface area contributed by atoms with Crippen molar-refractivity contribution in [2.75, 3.05) is 44.6 Å². The average Bonchev–Trinajstić information content (AvgIpc) is 3.28. The highest BCUT2D eigenvalue weighted by molar-refractivity contribution is 6.09. The summed E-state index contributed by atoms with van der Waals surface area (Å²) in [5.41, 5.74) is 1.65. The molecule has 2 fully saturated rings. The topological polar surface area (TPSA) is 61.9 Å². The third-order valence-electron chi connectivity index (χ3n) is 5.59. The Hall–Kier alpha value is -2.70. The van der Waals surface area contributed by atoms with Crippen LogP contribution in [0.3, 0.4) is 0 Å². The number of nitrogens with zero attached hydrogens (tertiary/aromatic N) is 2. The molecule has 2 aliphatic rings. The van der Waals surface area contributed by atoms with Crippen LogP contribution in [0.5, 0.6) is 0 Å². The predicted octanol–water partition coefficient (Wildman–Crippen LogP) is 2.88. The second-order valence-electron chi connectivity index (χ2n) is 7.59. The highest BCUT2D eigenvalue weighted by Crippen LogP contribution is 2.20. The Kier molecular flexibility index (Phi) is 6.22. The Balaban J connectivity index is 1.38. The minimum Gasteiger partial charge on any atom is -0.377 e. The Bertz CT molecular complexity index is 841. The van der Waals surface area contributed by atoms with Gasteiger partial charge < -0.3 is 15.0 Å². The summed E-state index contributed by atoms with van der Waals surface area (Å²) >= 11 is 0. The first kappa shape index (κ1) is 19.6. The molecule has 1 N–H and O–H groups in total. The van der Waals surface area contributed by atoms with E-state index in [2.05, 4.69) is 10.2 Å². The third kappa shape index (κ3) is 4.83. The smallest absolute Gasteiger partial charge is 0.256 e. The number of rotatable bonds is 5. The van der Waals surface area contributed by atoms with Gasteiger partial charge in [-0.15, -0.1) is 0 Å². The average molecular weight is 393 g/mol. The van der Waals surface area contributed by atoms with Gasteiger partial charge in [0.2, 0.25) is 0 Å². The Labute approximate surface area is 171 Å². The molecule has 2 amide bonds. The van der Waals surface area contributed by atoms with Crippen LogP contribution in [0.4, 0.5) is 5.69 Å². The number of ether oxygens (including phenoxy) is 1. The van der Waals surface area contributed by atoms with Crippen LogP contribution in [0.2, 0.25) is 0 Å². The predicted molar refractivity (Wildman–Crippen MR) is 112 cm³/mol. The van der Waals surface area contributed by atoms with Gasteiger partial charge in [0.25, 0.3) is 11.8 Å². The van der Waals surface area contributed by atoms with Crippen LogP contribution in [0, 0.1) is 0 Å². The van der Waals surface area contributed by atoms with Gasteiger partial charge in [0.05, 0.1) is 17.4 Å². The summed E-state index contributed by atoms with van der Waals surface area (Å²) in [6.45, 7) is 4.90. The van der Waals surface area contributed by atoms with Crippen molar-refractivity contribution in [2.24, 2.45) is 0 Å². The number of carbonyl (C=O) groups excluding carboxylic acids is 2. The minimum atomic E-state index is -0.216. The van der Waals surface area contributed by atoms with Crippen LogP contribution in [0.25, 0.3) is 0 Å². The van der Waals surface area contributed by atoms with E-state index >= 15 is 0 Å². The van der Waals surface area contributed by atoms with E-state index < -0.39 is 0 Å². The number of amides is 2. The van der Waals surface area contributed by atoms with Crippen LogP contribution in [-0.2, 0) is 4.74 Å². The number of para-hydroxylation sites is 1. The zero-order valence-electron chi connectivity index (χ0n) is 16.5. The van der Waals surface area contributed by atoms with Gasteiger partial charge >= 0.3 is 0 Å². The molecule has 0 bridgehead atoms. The lowest BCUT2D eigenvalue weighted by molar-refractivity contribution is 0.0433. The first-order valence-corrected chi connectivity index (χ1v) is 10.3. The van der Waals surface area contributed by atoms with Crippen LogP contribution in [0.15, 0.2) is 54.6 Å². The Morgan fingerprint density at radius 3 is 2.41 bits per heavy atom. The normalized spacial score (nSPS) is 19.9. The van der Waals surface area contributed by atoms with Crippen LogP contribution in [-0.4, -0.2) is 67.0 Å². The van der Waals surface area contributed by atoms with Crippen molar-refractivity contribution in [3.63, 3.8) is 0 Å². The Morgan fingerprint density at radius 2 is 1.69 bits per heavy atom. The minimum absolute atomic E-state index is 0.0364. The quantitative estimate of drug-likeness (QED) is 0.849. The fourth-order valence-electron chi connectivity index (χ4n) is 3.94. The maximum absolute atomic E-state index is 13.1. The summed E-state index contributed by atoms with van der Waals surface area (Å²) in [6, 6.07) is 16.2. The summed E-state index contributed by atoms with van der Waals surface area (Å²) in [5.74, 6) is -0.252. The van der Waals surface area contributed by atoms with Gasteiger partial charge in [0.1, 0.15) is 0 Å². The molecule has 1 atom stereocenters. The van der Waals surface area contributed by atoms with E-state index in [-0.39, 0.29) is 11.8 Å². The molecule has 6 heteroatoms. The second kappa shape index (κ2) is 9.20. The fourth-order valence-corrected chi connectivity index (χ4v) is 3.94. The largest absolute Gasteiger partial charge is 0.377 e. The number of carbonyl (C=O) groups is 2. The highest BCUT2D eigenvalue weighted by Gasteiger charge is 2.26. The number of benzene rings is 2. The van der Waals surface area contributed by atoms with E-state index in [1.54, 1.807) is 24.3 Å². The molecular formula is C23H27N3O3. The highest BCUT2D eigenvalue weighted by atomic mass is 16.5. The van der Waals surface area contributed by atoms with Crippen LogP contribution in [0.1, 0.15) is 33.6 Å². The summed E-state index contributed by atoms with van der Waals surface area (Å²) in [7, 11) is 0. The Morgan fingerprint density at radius 1 is 0.966 bits per heavy atom. The molecule has 0 spiro atoms. The molecule has 152 valence electrons. The van der Waals surface area contributed by atoms with Gasteiger partial charge in [-0.2, -0.15) is 0 Å². The first-order chi connectivity index (χ1) is 14.2. The number of anilines is 1. The van der Waals surface area contributed by atoms with Crippen LogP contribution < -0.4 is 5.32 Å². The van der Waals surface area contributed by atoms with Gasteiger partial charge in [-0.3, -0.25) is 14.5 Å². The summed E-state index contributed by atoms with van der Waals surface area (Å²) < 4.78 is 5.73. The van der Waals surface area contributed by atoms with Gasteiger partial charge in [-0.1, -0.05) is 30.3 Å². The van der Waals surface area contributed by atoms with Crippen LogP contribution >= 0.6 is 0 Å². The van der Waals surface area contributed by atoms with E-state index in [0.717, 1.165) is 39.1 Å². The van der Waals surface area contributed by atoms with Crippen molar-refractivity contribution in [3.8, 4) is 0 Å². The molecule has 29 heavy (non-hydrogen) atoms. The molecule has 2 heterocycles. The van der Waals surface area contributed by atoms with Crippen molar-refractivity contribution in [2.45, 2.75) is 18.9 Å². The summed E-state index contributed by atoms with van der Waals surface area (Å²) in [5, 5.41) is 2.89. The fraction of sp³-hybridized carbons (Fsp3) is 0.391. The number of nitrogens with one attached hydrogen (secondary N) is 1. The zero-order chi connectivity index (χ0) is 20.1. The van der Waals surface area contributed by atoms with E-state index in [0.29, 0.717) is 36.0 Å². The van der Waals surface area contributed by atoms with Crippen molar-refractivity contribution in [1.82, 2.24) is 9.80 Å². The van der Waals surface area contributed by atoms with E-state index in [4.69, 9.17) is 4.74 Å². The number of piperazine rings is 1. The van der Waals surface area contributed by atoms with E-state index in [1.807, 2.05) is 35.2 Å². The van der Waals surface area contributed by atoms with Crippen molar-refractivity contribution >= 4 is 17.5 Å². The van der Waals surface area contributed by atoms with Crippen molar-refractivity contribution in [1.29, 1.82) is 0 Å². The van der Waals surface area contributed by atoms with E-state index in [9.17, 15) is 9.59 Å². The molecule has 6 nitrogen and oxygen atoms in total. The molecule has 0 saturated carbocycles. The molecule has 2 saturated heterocycles. The van der Waals surface area contributed by atoms with Gasteiger partial charge in [-0.05, 0) is 37.1 Å². The lowest BCUT2D eigenvalue weighted by Crippen LogP contribution is -2.50. The first-order valence-electron chi connectivity index (χ1n) is 10.3. The van der Waals surface area contributed by atoms with Gasteiger partial charge in [0.15, 0.2) is 0 Å². The van der Waals surface area contributed by atoms with Gasteiger partial charge in [-0.25, -0.2) is 0 Å². The zero-order valence-corrected chi connectivity index (χ0v) is 16.5. The molecule has 2 aliphatic heterocycles. The van der Waals surface area contributed by atoms with E-state index in [1.165, 1.54) is 0 Å². The molecule has 2 aromatic rings. The molecule has 4 rings (SSSR count). The molecule has 0 aromatic heterocycles. The third-order valence-corrected chi connectivity index (χ3v) is 5.59. The number of hydrogen-bond acceptors (Lipinski definition) is 4. The number of hydrogen-bond donors (Lipinski definition) is 1. The lowest BCUT2D eigenvalue weighted by Gasteiger charge is -2.36. The molecule has 0 radical (unpaired) electrons. The maximum Gasteiger partial charge on any atom is 0.256 e.